The molecular weight excluding hydrogens is 350 g/mol. The highest BCUT2D eigenvalue weighted by molar-refractivity contribution is 5.89. The van der Waals surface area contributed by atoms with Crippen molar-refractivity contribution < 1.29 is 18.3 Å². The van der Waals surface area contributed by atoms with E-state index < -0.39 is 11.6 Å². The van der Waals surface area contributed by atoms with Crippen LogP contribution in [0, 0.1) is 23.5 Å². The van der Waals surface area contributed by atoms with Crippen molar-refractivity contribution in [3.63, 3.8) is 0 Å². The Bertz CT molecular complexity index is 847. The Morgan fingerprint density at radius 1 is 1.07 bits per heavy atom. The molecule has 0 spiro atoms. The van der Waals surface area contributed by atoms with Crippen molar-refractivity contribution in [3.8, 4) is 17.6 Å². The SMILES string of the molecule is CC(C)(C)c1ccc(NC(=O)NCC#CCOc2ccc(F)cc2F)cc1. The minimum atomic E-state index is -0.785. The van der Waals surface area contributed by atoms with Gasteiger partial charge >= 0.3 is 6.03 Å². The molecule has 4 nitrogen and oxygen atoms in total. The Labute approximate surface area is 157 Å². The third-order valence-electron chi connectivity index (χ3n) is 3.66. The Morgan fingerprint density at radius 2 is 1.78 bits per heavy atom. The smallest absolute Gasteiger partial charge is 0.319 e. The zero-order valence-electron chi connectivity index (χ0n) is 15.5. The molecule has 0 aromatic heterocycles. The fourth-order valence-electron chi connectivity index (χ4n) is 2.17. The summed E-state index contributed by atoms with van der Waals surface area (Å²) in [7, 11) is 0. The number of amides is 2. The van der Waals surface area contributed by atoms with Crippen LogP contribution in [0.2, 0.25) is 0 Å². The monoisotopic (exact) mass is 372 g/mol. The summed E-state index contributed by atoms with van der Waals surface area (Å²) in [6.07, 6.45) is 0. The van der Waals surface area contributed by atoms with E-state index in [1.54, 1.807) is 0 Å². The Balaban J connectivity index is 1.72. The summed E-state index contributed by atoms with van der Waals surface area (Å²) in [4.78, 5) is 11.8. The van der Waals surface area contributed by atoms with E-state index in [4.69, 9.17) is 4.74 Å². The maximum Gasteiger partial charge on any atom is 0.319 e. The lowest BCUT2D eigenvalue weighted by atomic mass is 9.87. The second kappa shape index (κ2) is 9.04. The predicted octanol–water partition coefficient (Wildman–Crippen LogP) is 4.47. The second-order valence-corrected chi connectivity index (χ2v) is 6.85. The molecule has 0 atom stereocenters. The molecule has 0 bridgehead atoms. The van der Waals surface area contributed by atoms with E-state index >= 15 is 0 Å². The van der Waals surface area contributed by atoms with Crippen molar-refractivity contribution in [3.05, 3.63) is 59.7 Å². The quantitative estimate of drug-likeness (QED) is 0.778. The Kier molecular flexibility index (Phi) is 6.78. The number of halogens is 2. The number of carbonyl (C=O) groups is 1. The zero-order valence-corrected chi connectivity index (χ0v) is 15.5. The van der Waals surface area contributed by atoms with Crippen LogP contribution in [0.3, 0.4) is 0 Å². The maximum atomic E-state index is 13.4. The minimum Gasteiger partial charge on any atom is -0.478 e. The number of ether oxygens (including phenoxy) is 1. The predicted molar refractivity (Wildman–Crippen MR) is 102 cm³/mol. The van der Waals surface area contributed by atoms with E-state index in [9.17, 15) is 13.6 Å². The summed E-state index contributed by atoms with van der Waals surface area (Å²) in [5, 5.41) is 5.31. The molecule has 0 saturated carbocycles. The lowest BCUT2D eigenvalue weighted by Gasteiger charge is -2.19. The summed E-state index contributed by atoms with van der Waals surface area (Å²) < 4.78 is 31.2. The van der Waals surface area contributed by atoms with Gasteiger partial charge in [0, 0.05) is 11.8 Å². The third kappa shape index (κ3) is 6.63. The Hall–Kier alpha value is -3.07. The van der Waals surface area contributed by atoms with Gasteiger partial charge in [-0.25, -0.2) is 13.6 Å². The van der Waals surface area contributed by atoms with Gasteiger partial charge in [-0.05, 0) is 35.2 Å². The van der Waals surface area contributed by atoms with Gasteiger partial charge in [0.1, 0.15) is 12.4 Å². The van der Waals surface area contributed by atoms with Crippen LogP contribution in [0.15, 0.2) is 42.5 Å². The van der Waals surface area contributed by atoms with Crippen LogP contribution in [0.25, 0.3) is 0 Å². The Morgan fingerprint density at radius 3 is 2.41 bits per heavy atom. The highest BCUT2D eigenvalue weighted by Crippen LogP contribution is 2.23. The van der Waals surface area contributed by atoms with Crippen LogP contribution in [-0.4, -0.2) is 19.2 Å². The lowest BCUT2D eigenvalue weighted by Crippen LogP contribution is -2.29. The van der Waals surface area contributed by atoms with E-state index in [-0.39, 0.29) is 30.3 Å². The topological polar surface area (TPSA) is 50.4 Å². The summed E-state index contributed by atoms with van der Waals surface area (Å²) in [5.41, 5.74) is 1.91. The average molecular weight is 372 g/mol. The molecular formula is C21H22F2N2O2. The molecule has 0 fully saturated rings. The molecule has 0 aliphatic heterocycles. The molecule has 0 heterocycles. The third-order valence-corrected chi connectivity index (χ3v) is 3.66. The number of anilines is 1. The van der Waals surface area contributed by atoms with Gasteiger partial charge in [-0.3, -0.25) is 0 Å². The molecule has 2 aromatic carbocycles. The average Bonchev–Trinajstić information content (AvgIpc) is 2.59. The van der Waals surface area contributed by atoms with Gasteiger partial charge in [0.2, 0.25) is 0 Å². The second-order valence-electron chi connectivity index (χ2n) is 6.85. The number of benzene rings is 2. The van der Waals surface area contributed by atoms with Crippen LogP contribution < -0.4 is 15.4 Å². The number of carbonyl (C=O) groups excluding carboxylic acids is 1. The molecule has 2 amide bonds. The van der Waals surface area contributed by atoms with Gasteiger partial charge in [0.05, 0.1) is 6.54 Å². The number of rotatable bonds is 4. The molecule has 0 aliphatic rings. The van der Waals surface area contributed by atoms with Crippen LogP contribution >= 0.6 is 0 Å². The van der Waals surface area contributed by atoms with Crippen molar-refractivity contribution in [2.75, 3.05) is 18.5 Å². The van der Waals surface area contributed by atoms with Gasteiger partial charge in [-0.15, -0.1) is 0 Å². The molecule has 0 saturated heterocycles. The first-order valence-electron chi connectivity index (χ1n) is 8.44. The van der Waals surface area contributed by atoms with E-state index in [2.05, 4.69) is 43.2 Å². The molecule has 2 rings (SSSR count). The van der Waals surface area contributed by atoms with E-state index in [1.165, 1.54) is 11.6 Å². The lowest BCUT2D eigenvalue weighted by molar-refractivity contribution is 0.253. The van der Waals surface area contributed by atoms with Crippen LogP contribution in [0.1, 0.15) is 26.3 Å². The van der Waals surface area contributed by atoms with E-state index in [0.717, 1.165) is 12.1 Å². The van der Waals surface area contributed by atoms with Crippen LogP contribution in [0.5, 0.6) is 5.75 Å². The molecule has 0 radical (unpaired) electrons. The first-order chi connectivity index (χ1) is 12.8. The van der Waals surface area contributed by atoms with Crippen molar-refractivity contribution >= 4 is 11.7 Å². The number of urea groups is 1. The highest BCUT2D eigenvalue weighted by atomic mass is 19.1. The number of nitrogens with one attached hydrogen (secondary N) is 2. The normalized spacial score (nSPS) is 10.6. The van der Waals surface area contributed by atoms with Gasteiger partial charge in [-0.2, -0.15) is 0 Å². The molecule has 142 valence electrons. The standard InChI is InChI=1S/C21H22F2N2O2/c1-21(2,3)15-6-9-17(10-7-15)25-20(26)24-12-4-5-13-27-19-11-8-16(22)14-18(19)23/h6-11,14H,12-13H2,1-3H3,(H2,24,25,26). The molecule has 2 N–H and O–H groups in total. The van der Waals surface area contributed by atoms with E-state index in [0.29, 0.717) is 5.69 Å². The van der Waals surface area contributed by atoms with Crippen LogP contribution in [0.4, 0.5) is 19.3 Å². The first-order valence-corrected chi connectivity index (χ1v) is 8.44. The summed E-state index contributed by atoms with van der Waals surface area (Å²) >= 11 is 0. The maximum absolute atomic E-state index is 13.4. The summed E-state index contributed by atoms with van der Waals surface area (Å²) in [6.45, 7) is 6.40. The van der Waals surface area contributed by atoms with Gasteiger partial charge in [0.15, 0.2) is 11.6 Å². The van der Waals surface area contributed by atoms with Gasteiger partial charge in [-0.1, -0.05) is 44.7 Å². The summed E-state index contributed by atoms with van der Waals surface area (Å²) in [5.74, 6) is 3.80. The minimum absolute atomic E-state index is 0.0509. The molecule has 6 heteroatoms. The molecule has 0 aliphatic carbocycles. The fourth-order valence-corrected chi connectivity index (χ4v) is 2.17. The van der Waals surface area contributed by atoms with E-state index in [1.807, 2.05) is 24.3 Å². The van der Waals surface area contributed by atoms with Gasteiger partial charge < -0.3 is 15.4 Å². The van der Waals surface area contributed by atoms with Crippen LogP contribution in [-0.2, 0) is 5.41 Å². The zero-order chi connectivity index (χ0) is 19.9. The largest absolute Gasteiger partial charge is 0.478 e. The fraction of sp³-hybridized carbons (Fsp3) is 0.286. The summed E-state index contributed by atoms with van der Waals surface area (Å²) in [6, 6.07) is 10.3. The first kappa shape index (κ1) is 20.2. The molecule has 0 unspecified atom stereocenters. The van der Waals surface area contributed by atoms with Gasteiger partial charge in [0.25, 0.3) is 0 Å². The van der Waals surface area contributed by atoms with Crippen molar-refractivity contribution in [1.29, 1.82) is 0 Å². The van der Waals surface area contributed by atoms with Crippen molar-refractivity contribution in [2.24, 2.45) is 0 Å². The molecule has 2 aromatic rings. The highest BCUT2D eigenvalue weighted by Gasteiger charge is 2.13. The molecule has 27 heavy (non-hydrogen) atoms. The number of hydrogen-bond acceptors (Lipinski definition) is 2. The van der Waals surface area contributed by atoms with Crippen molar-refractivity contribution in [1.82, 2.24) is 5.32 Å². The number of hydrogen-bond donors (Lipinski definition) is 2. The van der Waals surface area contributed by atoms with Crippen molar-refractivity contribution in [2.45, 2.75) is 26.2 Å².